The topological polar surface area (TPSA) is 89.1 Å². The van der Waals surface area contributed by atoms with Crippen LogP contribution in [0.3, 0.4) is 0 Å². The highest BCUT2D eigenvalue weighted by Gasteiger charge is 2.57. The van der Waals surface area contributed by atoms with Crippen molar-refractivity contribution in [3.63, 3.8) is 0 Å². The summed E-state index contributed by atoms with van der Waals surface area (Å²) in [5.41, 5.74) is 2.33. The maximum atomic E-state index is 13.9. The molecule has 3 heterocycles. The summed E-state index contributed by atoms with van der Waals surface area (Å²) in [7, 11) is 0. The monoisotopic (exact) mass is 491 g/mol. The molecule has 3 aromatic carbocycles. The van der Waals surface area contributed by atoms with Gasteiger partial charge in [-0.2, -0.15) is 0 Å². The minimum Gasteiger partial charge on any atom is -0.491 e. The lowest BCUT2D eigenvalue weighted by atomic mass is 9.77. The number of nitrogens with zero attached hydrogens (tertiary/aromatic N) is 1. The van der Waals surface area contributed by atoms with Gasteiger partial charge in [-0.25, -0.2) is 4.79 Å². The van der Waals surface area contributed by atoms with Gasteiger partial charge in [-0.05, 0) is 29.3 Å². The van der Waals surface area contributed by atoms with Crippen LogP contribution < -0.4 is 29.7 Å². The van der Waals surface area contributed by atoms with Gasteiger partial charge in [0.1, 0.15) is 17.8 Å². The molecule has 0 radical (unpaired) electrons. The molecule has 178 valence electrons. The average Bonchev–Trinajstić information content (AvgIpc) is 3.54. The Morgan fingerprint density at radius 2 is 1.71 bits per heavy atom. The summed E-state index contributed by atoms with van der Waals surface area (Å²) < 4.78 is 17.0. The number of carbonyl (C=O) groups excluding carboxylic acids is 2. The zero-order valence-corrected chi connectivity index (χ0v) is 19.4. The first kappa shape index (κ1) is 21.6. The zero-order chi connectivity index (χ0) is 24.0. The largest absolute Gasteiger partial charge is 0.491 e. The predicted molar refractivity (Wildman–Crippen MR) is 129 cm³/mol. The van der Waals surface area contributed by atoms with Gasteiger partial charge >= 0.3 is 6.03 Å². The number of nitrogens with one attached hydrogen (secondary N) is 2. The Kier molecular flexibility index (Phi) is 5.18. The fourth-order valence-corrected chi connectivity index (χ4v) is 5.15. The Morgan fingerprint density at radius 1 is 0.943 bits per heavy atom. The Hall–Kier alpha value is -3.91. The van der Waals surface area contributed by atoms with Crippen LogP contribution in [0.5, 0.6) is 17.2 Å². The van der Waals surface area contributed by atoms with Crippen LogP contribution in [0, 0.1) is 0 Å². The van der Waals surface area contributed by atoms with Crippen LogP contribution in [0.1, 0.15) is 16.7 Å². The molecule has 3 aliphatic rings. The van der Waals surface area contributed by atoms with Gasteiger partial charge in [-0.15, -0.1) is 0 Å². The number of carbonyl (C=O) groups is 2. The van der Waals surface area contributed by atoms with Crippen molar-refractivity contribution >= 4 is 29.2 Å². The molecule has 8 nitrogen and oxygen atoms in total. The first-order valence-electron chi connectivity index (χ1n) is 11.3. The van der Waals surface area contributed by atoms with E-state index in [1.165, 1.54) is 0 Å². The number of para-hydroxylation sites is 1. The van der Waals surface area contributed by atoms with E-state index in [4.69, 9.17) is 25.8 Å². The lowest BCUT2D eigenvalue weighted by molar-refractivity contribution is -0.122. The molecular formula is C26H22ClN3O5. The number of hydrogen-bond acceptors (Lipinski definition) is 5. The molecule has 35 heavy (non-hydrogen) atoms. The third-order valence-corrected chi connectivity index (χ3v) is 7.03. The number of anilines is 1. The lowest BCUT2D eigenvalue weighted by Gasteiger charge is -2.23. The van der Waals surface area contributed by atoms with Gasteiger partial charge in [-0.1, -0.05) is 48.0 Å². The molecule has 0 bridgehead atoms. The predicted octanol–water partition coefficient (Wildman–Crippen LogP) is 3.59. The van der Waals surface area contributed by atoms with E-state index in [-0.39, 0.29) is 31.9 Å². The van der Waals surface area contributed by atoms with E-state index in [0.29, 0.717) is 35.4 Å². The van der Waals surface area contributed by atoms with E-state index < -0.39 is 5.41 Å². The number of halogens is 1. The van der Waals surface area contributed by atoms with E-state index in [1.54, 1.807) is 17.0 Å². The van der Waals surface area contributed by atoms with Crippen LogP contribution in [-0.2, 0) is 16.8 Å². The fraction of sp³-hybridized carbons (Fsp3) is 0.231. The van der Waals surface area contributed by atoms with Crippen molar-refractivity contribution in [1.82, 2.24) is 10.6 Å². The second-order valence-electron chi connectivity index (χ2n) is 8.57. The van der Waals surface area contributed by atoms with E-state index in [9.17, 15) is 9.59 Å². The van der Waals surface area contributed by atoms with Crippen LogP contribution in [0.15, 0.2) is 60.7 Å². The van der Waals surface area contributed by atoms with Gasteiger partial charge in [0.05, 0.1) is 0 Å². The van der Waals surface area contributed by atoms with E-state index >= 15 is 0 Å². The van der Waals surface area contributed by atoms with Crippen molar-refractivity contribution in [2.45, 2.75) is 12.0 Å². The summed E-state index contributed by atoms with van der Waals surface area (Å²) in [5, 5.41) is 6.22. The van der Waals surface area contributed by atoms with Gasteiger partial charge in [0.2, 0.25) is 12.7 Å². The highest BCUT2D eigenvalue weighted by atomic mass is 35.5. The smallest absolute Gasteiger partial charge is 0.315 e. The Morgan fingerprint density at radius 3 is 2.57 bits per heavy atom. The second-order valence-corrected chi connectivity index (χ2v) is 8.98. The van der Waals surface area contributed by atoms with Crippen LogP contribution >= 0.6 is 11.6 Å². The summed E-state index contributed by atoms with van der Waals surface area (Å²) in [6.07, 6.45) is 0. The molecule has 0 aliphatic carbocycles. The van der Waals surface area contributed by atoms with Crippen molar-refractivity contribution in [2.75, 3.05) is 31.4 Å². The van der Waals surface area contributed by atoms with Crippen molar-refractivity contribution < 1.29 is 23.8 Å². The van der Waals surface area contributed by atoms with E-state index in [0.717, 1.165) is 22.4 Å². The highest BCUT2D eigenvalue weighted by Crippen LogP contribution is 2.54. The molecule has 0 saturated heterocycles. The van der Waals surface area contributed by atoms with Gasteiger partial charge in [0, 0.05) is 42.0 Å². The standard InChI is InChI=1S/C26H22ClN3O5/c27-19-7-3-1-5-16(19)13-29-25(32)28-9-10-30-20-8-4-2-6-17(20)26(24(30)31)14-33-21-12-23-22(11-18(21)26)34-15-35-23/h1-8,11-12H,9-10,13-15H2,(H2,28,29,32). The van der Waals surface area contributed by atoms with Gasteiger partial charge < -0.3 is 29.7 Å². The molecule has 6 rings (SSSR count). The van der Waals surface area contributed by atoms with Crippen molar-refractivity contribution in [2.24, 2.45) is 0 Å². The zero-order valence-electron chi connectivity index (χ0n) is 18.7. The molecule has 1 unspecified atom stereocenters. The Balaban J connectivity index is 1.19. The molecular weight excluding hydrogens is 470 g/mol. The third kappa shape index (κ3) is 3.44. The van der Waals surface area contributed by atoms with Gasteiger partial charge in [0.15, 0.2) is 11.5 Å². The number of hydrogen-bond donors (Lipinski definition) is 2. The molecule has 9 heteroatoms. The number of rotatable bonds is 5. The normalized spacial score (nSPS) is 18.9. The van der Waals surface area contributed by atoms with Gasteiger partial charge in [0.25, 0.3) is 0 Å². The number of urea groups is 1. The highest BCUT2D eigenvalue weighted by molar-refractivity contribution is 6.31. The molecule has 0 saturated carbocycles. The summed E-state index contributed by atoms with van der Waals surface area (Å²) in [6, 6.07) is 18.3. The van der Waals surface area contributed by atoms with Crippen molar-refractivity contribution in [1.29, 1.82) is 0 Å². The van der Waals surface area contributed by atoms with Crippen molar-refractivity contribution in [3.8, 4) is 17.2 Å². The van der Waals surface area contributed by atoms with E-state index in [1.807, 2.05) is 48.5 Å². The molecule has 1 atom stereocenters. The SMILES string of the molecule is O=C(NCCN1C(=O)C2(COc3cc4c(cc32)OCO4)c2ccccc21)NCc1ccccc1Cl. The quantitative estimate of drug-likeness (QED) is 0.569. The number of ether oxygens (including phenoxy) is 3. The molecule has 3 aromatic rings. The minimum absolute atomic E-state index is 0.0883. The van der Waals surface area contributed by atoms with Crippen LogP contribution in [0.4, 0.5) is 10.5 Å². The van der Waals surface area contributed by atoms with Crippen molar-refractivity contribution in [3.05, 3.63) is 82.4 Å². The van der Waals surface area contributed by atoms with Crippen LogP contribution in [0.2, 0.25) is 5.02 Å². The second kappa shape index (κ2) is 8.39. The Labute approximate surface area is 206 Å². The maximum absolute atomic E-state index is 13.9. The molecule has 3 amide bonds. The number of fused-ring (bicyclic) bond motifs is 5. The molecule has 0 fully saturated rings. The Bertz CT molecular complexity index is 1350. The summed E-state index contributed by atoms with van der Waals surface area (Å²) >= 11 is 6.15. The minimum atomic E-state index is -0.959. The fourth-order valence-electron chi connectivity index (χ4n) is 4.95. The first-order valence-corrected chi connectivity index (χ1v) is 11.7. The molecule has 3 aliphatic heterocycles. The van der Waals surface area contributed by atoms with Crippen LogP contribution in [-0.4, -0.2) is 38.4 Å². The van der Waals surface area contributed by atoms with E-state index in [2.05, 4.69) is 10.6 Å². The van der Waals surface area contributed by atoms with Gasteiger partial charge in [-0.3, -0.25) is 4.79 Å². The molecule has 1 spiro atoms. The summed E-state index contributed by atoms with van der Waals surface area (Å²) in [5.74, 6) is 1.75. The maximum Gasteiger partial charge on any atom is 0.315 e. The number of benzene rings is 3. The first-order chi connectivity index (χ1) is 17.1. The molecule has 2 N–H and O–H groups in total. The molecule has 0 aromatic heterocycles. The number of amides is 3. The summed E-state index contributed by atoms with van der Waals surface area (Å²) in [6.45, 7) is 1.25. The third-order valence-electron chi connectivity index (χ3n) is 6.66. The summed E-state index contributed by atoms with van der Waals surface area (Å²) in [4.78, 5) is 28.0. The van der Waals surface area contributed by atoms with Crippen LogP contribution in [0.25, 0.3) is 0 Å². The lowest BCUT2D eigenvalue weighted by Crippen LogP contribution is -2.46. The average molecular weight is 492 g/mol.